The highest BCUT2D eigenvalue weighted by Gasteiger charge is 2.05. The quantitative estimate of drug-likeness (QED) is 0.827. The molecule has 0 radical (unpaired) electrons. The van der Waals surface area contributed by atoms with Crippen LogP contribution in [0.3, 0.4) is 0 Å². The number of rotatable bonds is 3. The molecule has 0 atom stereocenters. The minimum absolute atomic E-state index is 0.0940. The summed E-state index contributed by atoms with van der Waals surface area (Å²) in [6.07, 6.45) is 3.41. The summed E-state index contributed by atoms with van der Waals surface area (Å²) in [5.74, 6) is -0.0940. The molecule has 0 saturated carbocycles. The highest BCUT2D eigenvalue weighted by Crippen LogP contribution is 2.22. The van der Waals surface area contributed by atoms with E-state index in [1.165, 1.54) is 5.56 Å². The Bertz CT molecular complexity index is 589. The second kappa shape index (κ2) is 5.85. The lowest BCUT2D eigenvalue weighted by atomic mass is 10.1. The number of thiophene rings is 1. The van der Waals surface area contributed by atoms with Gasteiger partial charge in [-0.2, -0.15) is 0 Å². The molecule has 19 heavy (non-hydrogen) atoms. The van der Waals surface area contributed by atoms with Crippen LogP contribution in [-0.4, -0.2) is 5.91 Å². The van der Waals surface area contributed by atoms with Crippen LogP contribution in [0.15, 0.2) is 35.7 Å². The molecule has 0 spiro atoms. The van der Waals surface area contributed by atoms with Crippen molar-refractivity contribution < 1.29 is 4.79 Å². The Morgan fingerprint density at radius 3 is 2.47 bits per heavy atom. The first-order valence-electron chi connectivity index (χ1n) is 6.16. The first-order chi connectivity index (χ1) is 9.06. The fraction of sp³-hybridized carbons (Fsp3) is 0.188. The van der Waals surface area contributed by atoms with Gasteiger partial charge in [0.1, 0.15) is 0 Å². The van der Waals surface area contributed by atoms with Crippen LogP contribution < -0.4 is 5.32 Å². The minimum atomic E-state index is -0.0940. The van der Waals surface area contributed by atoms with E-state index in [9.17, 15) is 4.79 Å². The molecular formula is C16H17NOS. The van der Waals surface area contributed by atoms with Gasteiger partial charge < -0.3 is 5.32 Å². The fourth-order valence-electron chi connectivity index (χ4n) is 2.09. The molecule has 1 heterocycles. The van der Waals surface area contributed by atoms with E-state index in [2.05, 4.69) is 24.4 Å². The Kier molecular flexibility index (Phi) is 4.17. The number of nitrogens with one attached hydrogen (secondary N) is 1. The van der Waals surface area contributed by atoms with Gasteiger partial charge in [-0.3, -0.25) is 4.79 Å². The molecule has 0 fully saturated rings. The van der Waals surface area contributed by atoms with Gasteiger partial charge in [-0.1, -0.05) is 23.8 Å². The predicted octanol–water partition coefficient (Wildman–Crippen LogP) is 4.33. The van der Waals surface area contributed by atoms with Gasteiger partial charge in [-0.05, 0) is 49.4 Å². The molecule has 98 valence electrons. The number of benzene rings is 1. The van der Waals surface area contributed by atoms with Crippen LogP contribution in [0.4, 0.5) is 5.69 Å². The molecule has 1 aromatic carbocycles. The van der Waals surface area contributed by atoms with Crippen LogP contribution in [0.25, 0.3) is 6.08 Å². The topological polar surface area (TPSA) is 29.1 Å². The number of amides is 1. The summed E-state index contributed by atoms with van der Waals surface area (Å²) >= 11 is 1.61. The van der Waals surface area contributed by atoms with Crippen molar-refractivity contribution in [2.75, 3.05) is 5.32 Å². The van der Waals surface area contributed by atoms with E-state index < -0.39 is 0 Å². The maximum Gasteiger partial charge on any atom is 0.248 e. The third-order valence-electron chi connectivity index (χ3n) is 2.87. The SMILES string of the molecule is Cc1cc(C)c(NC(=O)C=Cc2cccs2)c(C)c1. The van der Waals surface area contributed by atoms with Crippen LogP contribution in [0.2, 0.25) is 0 Å². The molecule has 2 rings (SSSR count). The predicted molar refractivity (Wildman–Crippen MR) is 82.6 cm³/mol. The molecule has 0 unspecified atom stereocenters. The Hall–Kier alpha value is -1.87. The van der Waals surface area contributed by atoms with Crippen molar-refractivity contribution in [2.24, 2.45) is 0 Å². The third-order valence-corrected chi connectivity index (χ3v) is 3.70. The minimum Gasteiger partial charge on any atom is -0.322 e. The maximum absolute atomic E-state index is 11.9. The van der Waals surface area contributed by atoms with E-state index in [1.54, 1.807) is 17.4 Å². The van der Waals surface area contributed by atoms with Gasteiger partial charge in [0.15, 0.2) is 0 Å². The summed E-state index contributed by atoms with van der Waals surface area (Å²) in [6, 6.07) is 8.10. The number of hydrogen-bond donors (Lipinski definition) is 1. The molecule has 2 aromatic rings. The van der Waals surface area contributed by atoms with Gasteiger partial charge in [0, 0.05) is 16.6 Å². The van der Waals surface area contributed by atoms with Crippen molar-refractivity contribution in [2.45, 2.75) is 20.8 Å². The lowest BCUT2D eigenvalue weighted by Crippen LogP contribution is -2.10. The van der Waals surface area contributed by atoms with Crippen molar-refractivity contribution in [3.63, 3.8) is 0 Å². The van der Waals surface area contributed by atoms with Crippen LogP contribution >= 0.6 is 11.3 Å². The Labute approximate surface area is 117 Å². The summed E-state index contributed by atoms with van der Waals surface area (Å²) in [5.41, 5.74) is 4.30. The van der Waals surface area contributed by atoms with Gasteiger partial charge in [-0.15, -0.1) is 11.3 Å². The van der Waals surface area contributed by atoms with E-state index in [0.29, 0.717) is 0 Å². The molecule has 1 amide bonds. The summed E-state index contributed by atoms with van der Waals surface area (Å²) in [4.78, 5) is 13.0. The Balaban J connectivity index is 2.11. The molecule has 0 aliphatic rings. The first kappa shape index (κ1) is 13.6. The standard InChI is InChI=1S/C16H17NOS/c1-11-9-12(2)16(13(3)10-11)17-15(18)7-6-14-5-4-8-19-14/h4-10H,1-3H3,(H,17,18). The van der Waals surface area contributed by atoms with Crippen molar-refractivity contribution >= 4 is 29.0 Å². The average molecular weight is 271 g/mol. The lowest BCUT2D eigenvalue weighted by Gasteiger charge is -2.11. The van der Waals surface area contributed by atoms with E-state index >= 15 is 0 Å². The molecule has 0 saturated heterocycles. The van der Waals surface area contributed by atoms with Crippen LogP contribution in [0.5, 0.6) is 0 Å². The molecule has 1 N–H and O–H groups in total. The van der Waals surface area contributed by atoms with Gasteiger partial charge in [0.05, 0.1) is 0 Å². The number of anilines is 1. The van der Waals surface area contributed by atoms with E-state index in [0.717, 1.165) is 21.7 Å². The summed E-state index contributed by atoms with van der Waals surface area (Å²) in [7, 11) is 0. The second-order valence-electron chi connectivity index (χ2n) is 4.61. The molecule has 0 aliphatic carbocycles. The van der Waals surface area contributed by atoms with E-state index in [4.69, 9.17) is 0 Å². The number of carbonyl (C=O) groups is 1. The third kappa shape index (κ3) is 3.55. The largest absolute Gasteiger partial charge is 0.322 e. The zero-order valence-electron chi connectivity index (χ0n) is 11.4. The van der Waals surface area contributed by atoms with Crippen molar-refractivity contribution in [3.8, 4) is 0 Å². The number of aryl methyl sites for hydroxylation is 3. The Morgan fingerprint density at radius 1 is 1.21 bits per heavy atom. The summed E-state index contributed by atoms with van der Waals surface area (Å²) in [5, 5.41) is 4.94. The molecule has 2 nitrogen and oxygen atoms in total. The van der Waals surface area contributed by atoms with Crippen LogP contribution in [0, 0.1) is 20.8 Å². The lowest BCUT2D eigenvalue weighted by molar-refractivity contribution is -0.111. The van der Waals surface area contributed by atoms with Gasteiger partial charge >= 0.3 is 0 Å². The van der Waals surface area contributed by atoms with Crippen molar-refractivity contribution in [3.05, 3.63) is 57.3 Å². The fourth-order valence-corrected chi connectivity index (χ4v) is 2.70. The monoisotopic (exact) mass is 271 g/mol. The number of carbonyl (C=O) groups excluding carboxylic acids is 1. The van der Waals surface area contributed by atoms with E-state index in [-0.39, 0.29) is 5.91 Å². The normalized spacial score (nSPS) is 10.9. The number of hydrogen-bond acceptors (Lipinski definition) is 2. The van der Waals surface area contributed by atoms with E-state index in [1.807, 2.05) is 37.4 Å². The van der Waals surface area contributed by atoms with Gasteiger partial charge in [-0.25, -0.2) is 0 Å². The van der Waals surface area contributed by atoms with Crippen LogP contribution in [0.1, 0.15) is 21.6 Å². The zero-order chi connectivity index (χ0) is 13.8. The highest BCUT2D eigenvalue weighted by molar-refractivity contribution is 7.10. The van der Waals surface area contributed by atoms with Gasteiger partial charge in [0.25, 0.3) is 0 Å². The first-order valence-corrected chi connectivity index (χ1v) is 7.04. The molecule has 0 aliphatic heterocycles. The van der Waals surface area contributed by atoms with Gasteiger partial charge in [0.2, 0.25) is 5.91 Å². The van der Waals surface area contributed by atoms with Crippen LogP contribution in [-0.2, 0) is 4.79 Å². The average Bonchev–Trinajstić information content (AvgIpc) is 2.84. The molecular weight excluding hydrogens is 254 g/mol. The molecule has 1 aromatic heterocycles. The smallest absolute Gasteiger partial charge is 0.248 e. The Morgan fingerprint density at radius 2 is 1.89 bits per heavy atom. The molecule has 3 heteroatoms. The van der Waals surface area contributed by atoms with Crippen molar-refractivity contribution in [1.82, 2.24) is 0 Å². The zero-order valence-corrected chi connectivity index (χ0v) is 12.2. The second-order valence-corrected chi connectivity index (χ2v) is 5.59. The molecule has 0 bridgehead atoms. The highest BCUT2D eigenvalue weighted by atomic mass is 32.1. The maximum atomic E-state index is 11.9. The van der Waals surface area contributed by atoms with Crippen molar-refractivity contribution in [1.29, 1.82) is 0 Å². The summed E-state index contributed by atoms with van der Waals surface area (Å²) < 4.78 is 0. The summed E-state index contributed by atoms with van der Waals surface area (Å²) in [6.45, 7) is 6.08.